The maximum atomic E-state index is 14.0. The standard InChI is InChI=1S/C15H9ClF4N4O2S/c16-10-3-2-9(15(18,19)20)6-13(10)27(25,26)24-12-5-8(1-4-11(12)17)14-21-7-22-23-14/h1-7,24H,(H,21,22,23). The second-order valence-electron chi connectivity index (χ2n) is 5.28. The van der Waals surface area contributed by atoms with Gasteiger partial charge in [-0.3, -0.25) is 9.82 Å². The van der Waals surface area contributed by atoms with Crippen molar-refractivity contribution in [3.05, 3.63) is 59.1 Å². The molecule has 27 heavy (non-hydrogen) atoms. The van der Waals surface area contributed by atoms with E-state index >= 15 is 0 Å². The van der Waals surface area contributed by atoms with Gasteiger partial charge in [0.2, 0.25) is 0 Å². The van der Waals surface area contributed by atoms with Crippen LogP contribution in [-0.4, -0.2) is 23.6 Å². The minimum Gasteiger partial charge on any atom is -0.277 e. The molecule has 12 heteroatoms. The average Bonchev–Trinajstić information content (AvgIpc) is 3.10. The van der Waals surface area contributed by atoms with Crippen LogP contribution in [-0.2, 0) is 16.2 Å². The van der Waals surface area contributed by atoms with Crippen LogP contribution in [0, 0.1) is 5.82 Å². The molecule has 1 aromatic heterocycles. The van der Waals surface area contributed by atoms with Gasteiger partial charge in [0.25, 0.3) is 10.0 Å². The van der Waals surface area contributed by atoms with Gasteiger partial charge in [0.05, 0.1) is 16.3 Å². The molecule has 6 nitrogen and oxygen atoms in total. The number of alkyl halides is 3. The smallest absolute Gasteiger partial charge is 0.277 e. The lowest BCUT2D eigenvalue weighted by Gasteiger charge is -2.13. The summed E-state index contributed by atoms with van der Waals surface area (Å²) in [6, 6.07) is 5.25. The first-order valence-electron chi connectivity index (χ1n) is 7.13. The van der Waals surface area contributed by atoms with E-state index in [1.54, 1.807) is 0 Å². The average molecular weight is 421 g/mol. The van der Waals surface area contributed by atoms with Crippen molar-refractivity contribution < 1.29 is 26.0 Å². The summed E-state index contributed by atoms with van der Waals surface area (Å²) in [4.78, 5) is 3.02. The number of aromatic nitrogens is 3. The third-order valence-electron chi connectivity index (χ3n) is 3.45. The second kappa shape index (κ2) is 6.82. The molecule has 0 bridgehead atoms. The number of H-pyrrole nitrogens is 1. The monoisotopic (exact) mass is 420 g/mol. The molecule has 0 unspecified atom stereocenters. The highest BCUT2D eigenvalue weighted by molar-refractivity contribution is 7.92. The Hall–Kier alpha value is -2.66. The first-order chi connectivity index (χ1) is 12.6. The third-order valence-corrected chi connectivity index (χ3v) is 5.29. The lowest BCUT2D eigenvalue weighted by molar-refractivity contribution is -0.137. The van der Waals surface area contributed by atoms with Crippen molar-refractivity contribution in [2.75, 3.05) is 4.72 Å². The summed E-state index contributed by atoms with van der Waals surface area (Å²) in [7, 11) is -4.60. The summed E-state index contributed by atoms with van der Waals surface area (Å²) >= 11 is 5.75. The van der Waals surface area contributed by atoms with E-state index in [-0.39, 0.29) is 5.82 Å². The van der Waals surface area contributed by atoms with Crippen LogP contribution in [0.1, 0.15) is 5.56 Å². The highest BCUT2D eigenvalue weighted by atomic mass is 35.5. The summed E-state index contributed by atoms with van der Waals surface area (Å²) in [6.07, 6.45) is -3.57. The fraction of sp³-hybridized carbons (Fsp3) is 0.0667. The predicted octanol–water partition coefficient (Wildman–Crippen LogP) is 4.08. The summed E-state index contributed by atoms with van der Waals surface area (Å²) in [5, 5.41) is 5.70. The van der Waals surface area contributed by atoms with Crippen molar-refractivity contribution in [2.24, 2.45) is 0 Å². The molecule has 0 amide bonds. The van der Waals surface area contributed by atoms with Crippen LogP contribution < -0.4 is 4.72 Å². The number of hydrogen-bond acceptors (Lipinski definition) is 4. The number of benzene rings is 2. The second-order valence-corrected chi connectivity index (χ2v) is 7.34. The van der Waals surface area contributed by atoms with E-state index in [0.29, 0.717) is 17.7 Å². The molecule has 2 N–H and O–H groups in total. The van der Waals surface area contributed by atoms with Crippen LogP contribution in [0.4, 0.5) is 23.2 Å². The summed E-state index contributed by atoms with van der Waals surface area (Å²) < 4.78 is 79.5. The topological polar surface area (TPSA) is 87.7 Å². The molecule has 0 radical (unpaired) electrons. The van der Waals surface area contributed by atoms with Crippen molar-refractivity contribution in [2.45, 2.75) is 11.1 Å². The highest BCUT2D eigenvalue weighted by Gasteiger charge is 2.33. The first-order valence-corrected chi connectivity index (χ1v) is 8.99. The quantitative estimate of drug-likeness (QED) is 0.622. The van der Waals surface area contributed by atoms with Gasteiger partial charge in [-0.25, -0.2) is 17.8 Å². The molecular weight excluding hydrogens is 412 g/mol. The Morgan fingerprint density at radius 1 is 1.11 bits per heavy atom. The van der Waals surface area contributed by atoms with E-state index in [1.807, 2.05) is 4.72 Å². The van der Waals surface area contributed by atoms with Crippen molar-refractivity contribution in [1.29, 1.82) is 0 Å². The molecule has 0 atom stereocenters. The van der Waals surface area contributed by atoms with Crippen LogP contribution in [0.15, 0.2) is 47.6 Å². The summed E-state index contributed by atoms with van der Waals surface area (Å²) in [5.74, 6) is -0.697. The van der Waals surface area contributed by atoms with E-state index in [4.69, 9.17) is 11.6 Å². The van der Waals surface area contributed by atoms with Gasteiger partial charge in [-0.2, -0.15) is 18.3 Å². The van der Waals surface area contributed by atoms with Gasteiger partial charge in [-0.15, -0.1) is 0 Å². The van der Waals surface area contributed by atoms with E-state index in [0.717, 1.165) is 18.2 Å². The minimum atomic E-state index is -4.77. The van der Waals surface area contributed by atoms with E-state index in [2.05, 4.69) is 15.2 Å². The summed E-state index contributed by atoms with van der Waals surface area (Å²) in [6.45, 7) is 0. The normalized spacial score (nSPS) is 12.2. The minimum absolute atomic E-state index is 0.243. The van der Waals surface area contributed by atoms with Crippen molar-refractivity contribution >= 4 is 27.3 Å². The molecule has 2 aromatic carbocycles. The zero-order chi connectivity index (χ0) is 19.8. The van der Waals surface area contributed by atoms with Gasteiger partial charge >= 0.3 is 6.18 Å². The lowest BCUT2D eigenvalue weighted by Crippen LogP contribution is -2.16. The SMILES string of the molecule is O=S(=O)(Nc1cc(-c2ncn[nH]2)ccc1F)c1cc(C(F)(F)F)ccc1Cl. The van der Waals surface area contributed by atoms with Gasteiger partial charge in [-0.05, 0) is 36.4 Å². The van der Waals surface area contributed by atoms with E-state index in [1.165, 1.54) is 12.4 Å². The van der Waals surface area contributed by atoms with Gasteiger partial charge in [0.15, 0.2) is 5.82 Å². The zero-order valence-electron chi connectivity index (χ0n) is 13.1. The van der Waals surface area contributed by atoms with Crippen molar-refractivity contribution in [1.82, 2.24) is 15.2 Å². The van der Waals surface area contributed by atoms with Crippen LogP contribution in [0.3, 0.4) is 0 Å². The van der Waals surface area contributed by atoms with Gasteiger partial charge < -0.3 is 0 Å². The molecule has 0 saturated carbocycles. The Morgan fingerprint density at radius 3 is 2.48 bits per heavy atom. The van der Waals surface area contributed by atoms with Gasteiger partial charge in [0.1, 0.15) is 17.0 Å². The van der Waals surface area contributed by atoms with E-state index < -0.39 is 43.2 Å². The molecule has 0 aliphatic heterocycles. The maximum absolute atomic E-state index is 14.0. The van der Waals surface area contributed by atoms with Gasteiger partial charge in [-0.1, -0.05) is 11.6 Å². The number of hydrogen-bond donors (Lipinski definition) is 2. The van der Waals surface area contributed by atoms with Crippen molar-refractivity contribution in [3.8, 4) is 11.4 Å². The third kappa shape index (κ3) is 4.03. The molecule has 142 valence electrons. The van der Waals surface area contributed by atoms with Crippen LogP contribution in [0.2, 0.25) is 5.02 Å². The lowest BCUT2D eigenvalue weighted by atomic mass is 10.2. The Bertz CT molecular complexity index is 1090. The molecule has 1 heterocycles. The van der Waals surface area contributed by atoms with E-state index in [9.17, 15) is 26.0 Å². The summed E-state index contributed by atoms with van der Waals surface area (Å²) in [5.41, 5.74) is -1.39. The Kier molecular flexibility index (Phi) is 4.82. The highest BCUT2D eigenvalue weighted by Crippen LogP contribution is 2.34. The first kappa shape index (κ1) is 19.1. The predicted molar refractivity (Wildman–Crippen MR) is 89.0 cm³/mol. The van der Waals surface area contributed by atoms with Crippen LogP contribution >= 0.6 is 11.6 Å². The molecule has 3 aromatic rings. The number of nitrogens with one attached hydrogen (secondary N) is 2. The fourth-order valence-corrected chi connectivity index (χ4v) is 3.77. The molecule has 3 rings (SSSR count). The number of sulfonamides is 1. The Balaban J connectivity index is 2.02. The number of halogens is 5. The number of anilines is 1. The molecule has 0 aliphatic rings. The zero-order valence-corrected chi connectivity index (χ0v) is 14.6. The molecule has 0 fully saturated rings. The number of nitrogens with zero attached hydrogens (tertiary/aromatic N) is 2. The molecule has 0 aliphatic carbocycles. The fourth-order valence-electron chi connectivity index (χ4n) is 2.18. The van der Waals surface area contributed by atoms with Crippen LogP contribution in [0.5, 0.6) is 0 Å². The molecule has 0 saturated heterocycles. The molecule has 0 spiro atoms. The largest absolute Gasteiger partial charge is 0.416 e. The van der Waals surface area contributed by atoms with Gasteiger partial charge in [0, 0.05) is 5.56 Å². The number of aromatic amines is 1. The Labute approximate surface area is 155 Å². The maximum Gasteiger partial charge on any atom is 0.416 e. The van der Waals surface area contributed by atoms with Crippen molar-refractivity contribution in [3.63, 3.8) is 0 Å². The number of rotatable bonds is 4. The molecular formula is C15H9ClF4N4O2S. The van der Waals surface area contributed by atoms with Crippen LogP contribution in [0.25, 0.3) is 11.4 Å². The Morgan fingerprint density at radius 2 is 1.85 bits per heavy atom.